The van der Waals surface area contributed by atoms with E-state index in [0.29, 0.717) is 72.7 Å². The van der Waals surface area contributed by atoms with E-state index in [1.807, 2.05) is 36.4 Å². The lowest BCUT2D eigenvalue weighted by Gasteiger charge is -2.19. The van der Waals surface area contributed by atoms with Crippen LogP contribution < -0.4 is 24.3 Å². The van der Waals surface area contributed by atoms with Crippen molar-refractivity contribution in [2.24, 2.45) is 0 Å². The maximum atomic E-state index is 9.43. The van der Waals surface area contributed by atoms with Gasteiger partial charge in [0, 0.05) is 84.4 Å². The number of pyridine rings is 2. The lowest BCUT2D eigenvalue weighted by molar-refractivity contribution is 0.280. The van der Waals surface area contributed by atoms with Crippen molar-refractivity contribution in [3.05, 3.63) is 177 Å². The molecular formula is C52H53ClN4O6. The van der Waals surface area contributed by atoms with Gasteiger partial charge >= 0.3 is 0 Å². The standard InChI is InChI=1S/C52H53ClN4O6/c1-5-40-21-42(11-7-8-17-58)51(60-31-38-19-37(25-54)26-56-27-38)23-49(40)62-33-43-12-9-14-47(35(43)3)48-15-10-13-44(36(48)4)34-63-50-24-52(61-32-39-20-46(53)30-57-28-39)45(22-41(50)6-2)29-55-16-18-59/h5-6,9-10,12-15,19-24,26-28,30,55,58-59H,1-2,7-8,11,16-18,29,31-34H2,3-4H3. The molecule has 0 aliphatic carbocycles. The molecule has 3 N–H and O–H groups in total. The minimum absolute atomic E-state index is 0.0208. The van der Waals surface area contributed by atoms with Gasteiger partial charge in [0.1, 0.15) is 55.5 Å². The molecule has 4 aromatic carbocycles. The van der Waals surface area contributed by atoms with Gasteiger partial charge in [0.15, 0.2) is 0 Å². The molecule has 0 fully saturated rings. The summed E-state index contributed by atoms with van der Waals surface area (Å²) in [5.41, 5.74) is 12.1. The van der Waals surface area contributed by atoms with Gasteiger partial charge in [-0.25, -0.2) is 0 Å². The number of nitrogens with zero attached hydrogens (tertiary/aromatic N) is 3. The first-order valence-electron chi connectivity index (χ1n) is 20.9. The van der Waals surface area contributed by atoms with Crippen molar-refractivity contribution < 1.29 is 29.2 Å². The first-order valence-corrected chi connectivity index (χ1v) is 21.3. The van der Waals surface area contributed by atoms with Gasteiger partial charge in [0.2, 0.25) is 0 Å². The van der Waals surface area contributed by atoms with Crippen LogP contribution in [0.1, 0.15) is 74.0 Å². The predicted octanol–water partition coefficient (Wildman–Crippen LogP) is 10.3. The number of ether oxygens (including phenoxy) is 4. The Kier molecular flexibility index (Phi) is 16.9. The summed E-state index contributed by atoms with van der Waals surface area (Å²) in [6.07, 6.45) is 12.2. The maximum Gasteiger partial charge on any atom is 0.130 e. The zero-order chi connectivity index (χ0) is 44.6. The number of hydrogen-bond donors (Lipinski definition) is 3. The number of rotatable bonds is 23. The summed E-state index contributed by atoms with van der Waals surface area (Å²) in [5.74, 6) is 2.57. The lowest BCUT2D eigenvalue weighted by atomic mass is 9.92. The van der Waals surface area contributed by atoms with E-state index in [-0.39, 0.29) is 26.4 Å². The molecule has 6 aromatic rings. The molecule has 0 radical (unpaired) electrons. The maximum absolute atomic E-state index is 9.43. The fourth-order valence-corrected chi connectivity index (χ4v) is 7.41. The first-order chi connectivity index (χ1) is 30.7. The second-order valence-electron chi connectivity index (χ2n) is 15.0. The Morgan fingerprint density at radius 3 is 1.76 bits per heavy atom. The van der Waals surface area contributed by atoms with Gasteiger partial charge in [-0.1, -0.05) is 73.3 Å². The predicted molar refractivity (Wildman–Crippen MR) is 249 cm³/mol. The monoisotopic (exact) mass is 864 g/mol. The smallest absolute Gasteiger partial charge is 0.130 e. The summed E-state index contributed by atoms with van der Waals surface area (Å²) >= 11 is 6.18. The highest BCUT2D eigenvalue weighted by Gasteiger charge is 2.17. The van der Waals surface area contributed by atoms with Crippen LogP contribution in [-0.2, 0) is 39.4 Å². The molecule has 0 atom stereocenters. The highest BCUT2D eigenvalue weighted by atomic mass is 35.5. The lowest BCUT2D eigenvalue weighted by Crippen LogP contribution is -2.18. The molecule has 324 valence electrons. The van der Waals surface area contributed by atoms with Crippen LogP contribution >= 0.6 is 11.6 Å². The zero-order valence-electron chi connectivity index (χ0n) is 35.8. The Balaban J connectivity index is 1.21. The van der Waals surface area contributed by atoms with Crippen LogP contribution in [-0.4, -0.2) is 39.9 Å². The van der Waals surface area contributed by atoms with Crippen molar-refractivity contribution in [3.8, 4) is 40.2 Å². The number of unbranched alkanes of at least 4 members (excludes halogenated alkanes) is 1. The molecule has 2 aromatic heterocycles. The van der Waals surface area contributed by atoms with Crippen LogP contribution in [0, 0.1) is 25.2 Å². The van der Waals surface area contributed by atoms with Crippen molar-refractivity contribution in [2.75, 3.05) is 19.8 Å². The van der Waals surface area contributed by atoms with Gasteiger partial charge < -0.3 is 34.5 Å². The fourth-order valence-electron chi connectivity index (χ4n) is 7.21. The molecule has 6 rings (SSSR count). The molecule has 0 unspecified atom stereocenters. The van der Waals surface area contributed by atoms with Gasteiger partial charge in [-0.3, -0.25) is 9.97 Å². The van der Waals surface area contributed by atoms with E-state index in [1.54, 1.807) is 36.8 Å². The number of aryl methyl sites for hydroxylation is 1. The first kappa shape index (κ1) is 46.0. The van der Waals surface area contributed by atoms with Crippen molar-refractivity contribution in [1.82, 2.24) is 15.3 Å². The quantitative estimate of drug-likeness (QED) is 0.0534. The van der Waals surface area contributed by atoms with Crippen LogP contribution in [0.2, 0.25) is 5.02 Å². The fraction of sp³-hybridized carbons (Fsp3) is 0.250. The molecule has 0 aliphatic rings. The summed E-state index contributed by atoms with van der Waals surface area (Å²) in [5, 5.41) is 31.9. The molecular weight excluding hydrogens is 812 g/mol. The molecule has 0 amide bonds. The average molecular weight is 865 g/mol. The largest absolute Gasteiger partial charge is 0.488 e. The van der Waals surface area contributed by atoms with Gasteiger partial charge in [-0.15, -0.1) is 0 Å². The van der Waals surface area contributed by atoms with Gasteiger partial charge in [-0.05, 0) is 96.3 Å². The Labute approximate surface area is 375 Å². The molecule has 0 saturated carbocycles. The Morgan fingerprint density at radius 1 is 0.651 bits per heavy atom. The highest BCUT2D eigenvalue weighted by Crippen LogP contribution is 2.36. The summed E-state index contributed by atoms with van der Waals surface area (Å²) in [4.78, 5) is 8.35. The van der Waals surface area contributed by atoms with Crippen LogP contribution in [0.5, 0.6) is 23.0 Å². The topological polar surface area (TPSA) is 139 Å². The van der Waals surface area contributed by atoms with E-state index < -0.39 is 0 Å². The SMILES string of the molecule is C=Cc1cc(CCCCO)c(OCc2cncc(C#N)c2)cc1OCc1cccc(-c2cccc(COc3cc(OCc4cncc(Cl)c4)c(CNCCO)cc3C=C)c2C)c1C. The number of aliphatic hydroxyl groups excluding tert-OH is 2. The van der Waals surface area contributed by atoms with Crippen molar-refractivity contribution in [3.63, 3.8) is 0 Å². The van der Waals surface area contributed by atoms with E-state index in [4.69, 9.17) is 30.5 Å². The molecule has 63 heavy (non-hydrogen) atoms. The normalized spacial score (nSPS) is 10.9. The van der Waals surface area contributed by atoms with Crippen molar-refractivity contribution in [2.45, 2.75) is 66.1 Å². The van der Waals surface area contributed by atoms with Crippen LogP contribution in [0.3, 0.4) is 0 Å². The minimum atomic E-state index is 0.0208. The molecule has 0 bridgehead atoms. The van der Waals surface area contributed by atoms with Gasteiger partial charge in [0.25, 0.3) is 0 Å². The Bertz CT molecular complexity index is 2570. The van der Waals surface area contributed by atoms with E-state index in [0.717, 1.165) is 73.2 Å². The second-order valence-corrected chi connectivity index (χ2v) is 15.5. The Morgan fingerprint density at radius 2 is 1.21 bits per heavy atom. The van der Waals surface area contributed by atoms with E-state index in [9.17, 15) is 15.5 Å². The second kappa shape index (κ2) is 23.1. The number of halogens is 1. The van der Waals surface area contributed by atoms with E-state index in [1.165, 1.54) is 6.20 Å². The molecule has 2 heterocycles. The van der Waals surface area contributed by atoms with Crippen molar-refractivity contribution >= 4 is 23.8 Å². The minimum Gasteiger partial charge on any atom is -0.488 e. The molecule has 0 aliphatic heterocycles. The highest BCUT2D eigenvalue weighted by molar-refractivity contribution is 6.30. The third-order valence-corrected chi connectivity index (χ3v) is 10.9. The number of aromatic nitrogens is 2. The summed E-state index contributed by atoms with van der Waals surface area (Å²) in [6.45, 7) is 14.5. The molecule has 10 nitrogen and oxygen atoms in total. The third kappa shape index (κ3) is 12.3. The number of benzene rings is 4. The summed E-state index contributed by atoms with van der Waals surface area (Å²) in [7, 11) is 0. The van der Waals surface area contributed by atoms with Crippen LogP contribution in [0.25, 0.3) is 23.3 Å². The van der Waals surface area contributed by atoms with Crippen molar-refractivity contribution in [1.29, 1.82) is 5.26 Å². The van der Waals surface area contributed by atoms with E-state index in [2.05, 4.69) is 78.7 Å². The van der Waals surface area contributed by atoms with E-state index >= 15 is 0 Å². The van der Waals surface area contributed by atoms with Gasteiger partial charge in [0.05, 0.1) is 17.2 Å². The van der Waals surface area contributed by atoms with Crippen LogP contribution in [0.4, 0.5) is 0 Å². The molecule has 11 heteroatoms. The molecule has 0 spiro atoms. The zero-order valence-corrected chi connectivity index (χ0v) is 36.6. The average Bonchev–Trinajstić information content (AvgIpc) is 3.30. The number of nitriles is 1. The molecule has 0 saturated heterocycles. The number of hydrogen-bond acceptors (Lipinski definition) is 10. The number of aliphatic hydroxyl groups is 2. The number of nitrogens with one attached hydrogen (secondary N) is 1. The third-order valence-electron chi connectivity index (χ3n) is 10.7. The van der Waals surface area contributed by atoms with Gasteiger partial charge in [-0.2, -0.15) is 5.26 Å². The van der Waals surface area contributed by atoms with Crippen LogP contribution in [0.15, 0.2) is 111 Å². The Hall–Kier alpha value is -6.48. The summed E-state index contributed by atoms with van der Waals surface area (Å²) in [6, 6.07) is 26.0. The summed E-state index contributed by atoms with van der Waals surface area (Å²) < 4.78 is 25.7.